The lowest BCUT2D eigenvalue weighted by Gasteiger charge is -2.25. The number of carbonyl (C=O) groups is 4. The van der Waals surface area contributed by atoms with E-state index in [9.17, 15) is 19.2 Å². The maximum Gasteiger partial charge on any atom is 0.309 e. The molecule has 0 saturated carbocycles. The summed E-state index contributed by atoms with van der Waals surface area (Å²) in [5.41, 5.74) is 0. The van der Waals surface area contributed by atoms with E-state index in [1.807, 2.05) is 0 Å². The maximum absolute atomic E-state index is 12.2. The molecule has 12 nitrogen and oxygen atoms in total. The number of carbonyl (C=O) groups excluding carboxylic acids is 4. The standard InChI is InChI=1S/C26H52N8O4/c1-5-31-15-9-16-32(6-2)20-12-29-25(37)26(38)30-14-22-34(8-4)18-10-17-33(7-3)21-13-28-24(36)23(35)27-11-19-31/h5-22H2,1-4H3,(H,27,35)(H,28,36)(H,29,37)(H,30,38). The SMILES string of the molecule is CCN1CCCN(CC)CCNC(=O)C(=O)NCCN(CC)CCCN(CC)CCNC(=O)C(=O)NCC1. The van der Waals surface area contributed by atoms with Crippen molar-refractivity contribution in [1.29, 1.82) is 0 Å². The molecule has 1 aliphatic rings. The van der Waals surface area contributed by atoms with Gasteiger partial charge in [0.25, 0.3) is 0 Å². The monoisotopic (exact) mass is 540 g/mol. The summed E-state index contributed by atoms with van der Waals surface area (Å²) >= 11 is 0. The number of rotatable bonds is 4. The molecule has 1 aliphatic heterocycles. The predicted molar refractivity (Wildman–Crippen MR) is 150 cm³/mol. The molecule has 1 fully saturated rings. The van der Waals surface area contributed by atoms with Gasteiger partial charge in [0.1, 0.15) is 0 Å². The van der Waals surface area contributed by atoms with Crippen LogP contribution in [-0.2, 0) is 19.2 Å². The summed E-state index contributed by atoms with van der Waals surface area (Å²) in [6, 6.07) is 0. The molecule has 0 aromatic rings. The van der Waals surface area contributed by atoms with Crippen molar-refractivity contribution in [2.24, 2.45) is 0 Å². The number of hydrogen-bond acceptors (Lipinski definition) is 8. The van der Waals surface area contributed by atoms with Crippen molar-refractivity contribution in [3.8, 4) is 0 Å². The van der Waals surface area contributed by atoms with Crippen LogP contribution in [0.4, 0.5) is 0 Å². The molecule has 0 spiro atoms. The highest BCUT2D eigenvalue weighted by molar-refractivity contribution is 6.35. The van der Waals surface area contributed by atoms with E-state index in [0.29, 0.717) is 52.4 Å². The Bertz CT molecular complexity index is 595. The molecule has 1 saturated heterocycles. The summed E-state index contributed by atoms with van der Waals surface area (Å²) in [5.74, 6) is -2.35. The van der Waals surface area contributed by atoms with Crippen LogP contribution in [0.1, 0.15) is 40.5 Å². The quantitative estimate of drug-likeness (QED) is 0.318. The molecule has 1 rings (SSSR count). The van der Waals surface area contributed by atoms with E-state index in [2.05, 4.69) is 68.6 Å². The number of nitrogens with zero attached hydrogens (tertiary/aromatic N) is 4. The largest absolute Gasteiger partial charge is 0.347 e. The Morgan fingerprint density at radius 1 is 0.421 bits per heavy atom. The molecule has 0 atom stereocenters. The Morgan fingerprint density at radius 3 is 0.816 bits per heavy atom. The molecule has 0 unspecified atom stereocenters. The highest BCUT2D eigenvalue weighted by atomic mass is 16.2. The van der Waals surface area contributed by atoms with E-state index in [0.717, 1.165) is 65.2 Å². The molecule has 38 heavy (non-hydrogen) atoms. The lowest BCUT2D eigenvalue weighted by atomic mass is 10.3. The maximum atomic E-state index is 12.2. The van der Waals surface area contributed by atoms with Gasteiger partial charge in [-0.25, -0.2) is 0 Å². The van der Waals surface area contributed by atoms with Crippen molar-refractivity contribution in [1.82, 2.24) is 40.9 Å². The molecule has 4 N–H and O–H groups in total. The van der Waals surface area contributed by atoms with Crippen LogP contribution in [0, 0.1) is 0 Å². The van der Waals surface area contributed by atoms with Gasteiger partial charge in [-0.05, 0) is 65.2 Å². The third-order valence-corrected chi connectivity index (χ3v) is 6.95. The molecule has 4 amide bonds. The van der Waals surface area contributed by atoms with Crippen molar-refractivity contribution < 1.29 is 19.2 Å². The molecular formula is C26H52N8O4. The molecular weight excluding hydrogens is 488 g/mol. The summed E-state index contributed by atoms with van der Waals surface area (Å²) in [6.45, 7) is 19.5. The van der Waals surface area contributed by atoms with Gasteiger partial charge in [0.05, 0.1) is 0 Å². The molecule has 12 heteroatoms. The Hall–Kier alpha value is -2.28. The number of likely N-dealkylation sites (N-methyl/N-ethyl adjacent to an activating group) is 4. The number of nitrogens with one attached hydrogen (secondary N) is 4. The van der Waals surface area contributed by atoms with Gasteiger partial charge in [0.2, 0.25) is 0 Å². The van der Waals surface area contributed by atoms with Crippen LogP contribution < -0.4 is 21.3 Å². The fourth-order valence-corrected chi connectivity index (χ4v) is 4.38. The molecule has 0 aromatic heterocycles. The average molecular weight is 541 g/mol. The van der Waals surface area contributed by atoms with E-state index in [-0.39, 0.29) is 0 Å². The molecule has 1 heterocycles. The second-order valence-corrected chi connectivity index (χ2v) is 9.47. The summed E-state index contributed by atoms with van der Waals surface area (Å²) in [4.78, 5) is 57.7. The lowest BCUT2D eigenvalue weighted by Crippen LogP contribution is -2.46. The second-order valence-electron chi connectivity index (χ2n) is 9.47. The van der Waals surface area contributed by atoms with Crippen molar-refractivity contribution in [2.75, 3.05) is 105 Å². The van der Waals surface area contributed by atoms with Crippen molar-refractivity contribution in [3.05, 3.63) is 0 Å². The zero-order chi connectivity index (χ0) is 28.2. The molecule has 220 valence electrons. The van der Waals surface area contributed by atoms with Crippen molar-refractivity contribution in [3.63, 3.8) is 0 Å². The van der Waals surface area contributed by atoms with Crippen molar-refractivity contribution in [2.45, 2.75) is 40.5 Å². The third kappa shape index (κ3) is 14.6. The smallest absolute Gasteiger partial charge is 0.309 e. The second kappa shape index (κ2) is 20.7. The first-order valence-electron chi connectivity index (χ1n) is 14.4. The molecule has 0 bridgehead atoms. The van der Waals surface area contributed by atoms with Crippen LogP contribution in [0.15, 0.2) is 0 Å². The molecule has 0 aliphatic carbocycles. The van der Waals surface area contributed by atoms with Gasteiger partial charge in [0.15, 0.2) is 0 Å². The highest BCUT2D eigenvalue weighted by Gasteiger charge is 2.16. The highest BCUT2D eigenvalue weighted by Crippen LogP contribution is 1.97. The van der Waals surface area contributed by atoms with Crippen molar-refractivity contribution >= 4 is 23.6 Å². The van der Waals surface area contributed by atoms with E-state index < -0.39 is 23.6 Å². The molecule has 0 aromatic carbocycles. The lowest BCUT2D eigenvalue weighted by molar-refractivity contribution is -0.139. The number of amides is 4. The van der Waals surface area contributed by atoms with Gasteiger partial charge in [-0.3, -0.25) is 19.2 Å². The minimum Gasteiger partial charge on any atom is -0.347 e. The zero-order valence-corrected chi connectivity index (χ0v) is 24.1. The Kier molecular flexibility index (Phi) is 18.3. The molecule has 0 radical (unpaired) electrons. The van der Waals surface area contributed by atoms with Gasteiger partial charge >= 0.3 is 23.6 Å². The Morgan fingerprint density at radius 2 is 0.632 bits per heavy atom. The third-order valence-electron chi connectivity index (χ3n) is 6.95. The van der Waals surface area contributed by atoms with Gasteiger partial charge < -0.3 is 40.9 Å². The fraction of sp³-hybridized carbons (Fsp3) is 0.846. The van der Waals surface area contributed by atoms with Gasteiger partial charge in [0, 0.05) is 52.4 Å². The first-order chi connectivity index (χ1) is 18.3. The average Bonchev–Trinajstić information content (AvgIpc) is 2.92. The van der Waals surface area contributed by atoms with Gasteiger partial charge in [-0.15, -0.1) is 0 Å². The zero-order valence-electron chi connectivity index (χ0n) is 24.1. The van der Waals surface area contributed by atoms with E-state index in [1.165, 1.54) is 0 Å². The number of hydrogen-bond donors (Lipinski definition) is 4. The minimum absolute atomic E-state index is 0.417. The minimum atomic E-state index is -0.588. The van der Waals surface area contributed by atoms with Crippen LogP contribution >= 0.6 is 0 Å². The fourth-order valence-electron chi connectivity index (χ4n) is 4.38. The Balaban J connectivity index is 2.69. The first-order valence-corrected chi connectivity index (χ1v) is 14.4. The Labute approximate surface area is 229 Å². The van der Waals surface area contributed by atoms with Crippen LogP contribution in [0.3, 0.4) is 0 Å². The van der Waals surface area contributed by atoms with Gasteiger partial charge in [-0.2, -0.15) is 0 Å². The predicted octanol–water partition coefficient (Wildman–Crippen LogP) is -1.47. The van der Waals surface area contributed by atoms with E-state index in [4.69, 9.17) is 0 Å². The van der Waals surface area contributed by atoms with Crippen LogP contribution in [0.25, 0.3) is 0 Å². The van der Waals surface area contributed by atoms with E-state index >= 15 is 0 Å². The van der Waals surface area contributed by atoms with Gasteiger partial charge in [-0.1, -0.05) is 27.7 Å². The summed E-state index contributed by atoms with van der Waals surface area (Å²) in [6.07, 6.45) is 1.87. The van der Waals surface area contributed by atoms with E-state index in [1.54, 1.807) is 0 Å². The first kappa shape index (κ1) is 33.7. The summed E-state index contributed by atoms with van der Waals surface area (Å²) in [7, 11) is 0. The summed E-state index contributed by atoms with van der Waals surface area (Å²) < 4.78 is 0. The van der Waals surface area contributed by atoms with Crippen LogP contribution in [0.2, 0.25) is 0 Å². The summed E-state index contributed by atoms with van der Waals surface area (Å²) in [5, 5.41) is 10.9. The topological polar surface area (TPSA) is 129 Å². The van der Waals surface area contributed by atoms with Crippen LogP contribution in [0.5, 0.6) is 0 Å². The van der Waals surface area contributed by atoms with Crippen LogP contribution in [-0.4, -0.2) is 148 Å². The normalized spacial score (nSPS) is 21.8.